The molecule has 1 saturated heterocycles. The summed E-state index contributed by atoms with van der Waals surface area (Å²) in [5, 5.41) is 1.23. The van der Waals surface area contributed by atoms with E-state index in [-0.39, 0.29) is 6.04 Å². The number of hydrogen-bond donors (Lipinski definition) is 1. The van der Waals surface area contributed by atoms with Gasteiger partial charge in [0.1, 0.15) is 0 Å². The third-order valence-electron chi connectivity index (χ3n) is 3.86. The Bertz CT molecular complexity index is 380. The summed E-state index contributed by atoms with van der Waals surface area (Å²) in [5.41, 5.74) is 7.46. The fourth-order valence-electron chi connectivity index (χ4n) is 2.84. The summed E-state index contributed by atoms with van der Waals surface area (Å²) in [6, 6.07) is 0.247. The standard InChI is InChI=1S/C13H21N3S/c14-10-6-5-7-11-12(10)17-13(15-11)16-8-3-1-2-4-9-16/h10H,1-9,14H2. The molecule has 1 aliphatic carbocycles. The lowest BCUT2D eigenvalue weighted by molar-refractivity contribution is 0.573. The summed E-state index contributed by atoms with van der Waals surface area (Å²) in [5.74, 6) is 0. The average Bonchev–Trinajstić information content (AvgIpc) is 2.59. The molecule has 3 nitrogen and oxygen atoms in total. The molecule has 0 spiro atoms. The third-order valence-corrected chi connectivity index (χ3v) is 5.15. The smallest absolute Gasteiger partial charge is 0.185 e. The largest absolute Gasteiger partial charge is 0.348 e. The van der Waals surface area contributed by atoms with Gasteiger partial charge < -0.3 is 10.6 Å². The van der Waals surface area contributed by atoms with Gasteiger partial charge in [-0.2, -0.15) is 0 Å². The predicted octanol–water partition coefficient (Wildman–Crippen LogP) is 2.86. The minimum absolute atomic E-state index is 0.247. The average molecular weight is 251 g/mol. The normalized spacial score (nSPS) is 25.5. The van der Waals surface area contributed by atoms with Crippen molar-refractivity contribution in [1.29, 1.82) is 0 Å². The van der Waals surface area contributed by atoms with Crippen LogP contribution in [-0.4, -0.2) is 18.1 Å². The van der Waals surface area contributed by atoms with Crippen LogP contribution >= 0.6 is 11.3 Å². The van der Waals surface area contributed by atoms with Crippen molar-refractivity contribution in [3.05, 3.63) is 10.6 Å². The van der Waals surface area contributed by atoms with Gasteiger partial charge in [0.25, 0.3) is 0 Å². The number of aryl methyl sites for hydroxylation is 1. The van der Waals surface area contributed by atoms with Crippen molar-refractivity contribution < 1.29 is 0 Å². The molecule has 4 heteroatoms. The Morgan fingerprint density at radius 2 is 1.88 bits per heavy atom. The minimum atomic E-state index is 0.247. The molecular weight excluding hydrogens is 230 g/mol. The molecule has 1 unspecified atom stereocenters. The van der Waals surface area contributed by atoms with E-state index >= 15 is 0 Å². The molecule has 1 aliphatic heterocycles. The Labute approximate surface area is 107 Å². The van der Waals surface area contributed by atoms with Crippen molar-refractivity contribution in [2.45, 2.75) is 51.0 Å². The van der Waals surface area contributed by atoms with Crippen LogP contribution in [0.15, 0.2) is 0 Å². The number of thiazole rings is 1. The Morgan fingerprint density at radius 3 is 2.59 bits per heavy atom. The predicted molar refractivity (Wildman–Crippen MR) is 72.7 cm³/mol. The first-order chi connectivity index (χ1) is 8.34. The number of nitrogens with two attached hydrogens (primary N) is 1. The molecule has 2 aliphatic rings. The van der Waals surface area contributed by atoms with Crippen molar-refractivity contribution in [2.24, 2.45) is 5.73 Å². The number of fused-ring (bicyclic) bond motifs is 1. The van der Waals surface area contributed by atoms with Gasteiger partial charge in [0.2, 0.25) is 0 Å². The van der Waals surface area contributed by atoms with Crippen LogP contribution < -0.4 is 10.6 Å². The number of anilines is 1. The SMILES string of the molecule is NC1CCCc2nc(N3CCCCCC3)sc21. The van der Waals surface area contributed by atoms with Crippen LogP contribution in [0, 0.1) is 0 Å². The fraction of sp³-hybridized carbons (Fsp3) is 0.769. The molecule has 0 amide bonds. The zero-order valence-corrected chi connectivity index (χ0v) is 11.1. The van der Waals surface area contributed by atoms with Crippen molar-refractivity contribution in [3.8, 4) is 0 Å². The van der Waals surface area contributed by atoms with Crippen molar-refractivity contribution >= 4 is 16.5 Å². The summed E-state index contributed by atoms with van der Waals surface area (Å²) < 4.78 is 0. The molecule has 1 aromatic heterocycles. The van der Waals surface area contributed by atoms with Gasteiger partial charge in [0.05, 0.1) is 5.69 Å². The fourth-order valence-corrected chi connectivity index (χ4v) is 4.04. The highest BCUT2D eigenvalue weighted by atomic mass is 32.1. The van der Waals surface area contributed by atoms with Gasteiger partial charge in [0, 0.05) is 24.0 Å². The van der Waals surface area contributed by atoms with E-state index in [1.54, 1.807) is 0 Å². The van der Waals surface area contributed by atoms with E-state index < -0.39 is 0 Å². The van der Waals surface area contributed by atoms with Gasteiger partial charge in [-0.15, -0.1) is 0 Å². The second-order valence-electron chi connectivity index (χ2n) is 5.21. The molecule has 3 rings (SSSR count). The van der Waals surface area contributed by atoms with E-state index in [1.807, 2.05) is 11.3 Å². The maximum Gasteiger partial charge on any atom is 0.185 e. The number of hydrogen-bond acceptors (Lipinski definition) is 4. The highest BCUT2D eigenvalue weighted by Gasteiger charge is 2.23. The van der Waals surface area contributed by atoms with Gasteiger partial charge in [-0.05, 0) is 32.1 Å². The molecule has 1 atom stereocenters. The molecule has 1 fully saturated rings. The van der Waals surface area contributed by atoms with Crippen LogP contribution in [-0.2, 0) is 6.42 Å². The first kappa shape index (κ1) is 11.5. The number of rotatable bonds is 1. The third kappa shape index (κ3) is 2.33. The van der Waals surface area contributed by atoms with E-state index in [9.17, 15) is 0 Å². The van der Waals surface area contributed by atoms with Gasteiger partial charge in [-0.3, -0.25) is 0 Å². The molecule has 1 aromatic rings. The zero-order chi connectivity index (χ0) is 11.7. The Kier molecular flexibility index (Phi) is 3.34. The van der Waals surface area contributed by atoms with Crippen LogP contribution in [0.3, 0.4) is 0 Å². The Morgan fingerprint density at radius 1 is 1.12 bits per heavy atom. The van der Waals surface area contributed by atoms with Crippen molar-refractivity contribution in [2.75, 3.05) is 18.0 Å². The zero-order valence-electron chi connectivity index (χ0n) is 10.3. The topological polar surface area (TPSA) is 42.1 Å². The molecule has 0 saturated carbocycles. The summed E-state index contributed by atoms with van der Waals surface area (Å²) in [6.07, 6.45) is 8.86. The lowest BCUT2D eigenvalue weighted by atomic mass is 9.99. The molecule has 0 bridgehead atoms. The second kappa shape index (κ2) is 4.94. The van der Waals surface area contributed by atoms with E-state index in [2.05, 4.69) is 4.90 Å². The maximum absolute atomic E-state index is 6.17. The monoisotopic (exact) mass is 251 g/mol. The van der Waals surface area contributed by atoms with Crippen LogP contribution in [0.5, 0.6) is 0 Å². The van der Waals surface area contributed by atoms with Crippen LogP contribution in [0.25, 0.3) is 0 Å². The van der Waals surface area contributed by atoms with E-state index in [0.29, 0.717) is 0 Å². The molecule has 0 aromatic carbocycles. The highest BCUT2D eigenvalue weighted by Crippen LogP contribution is 2.36. The lowest BCUT2D eigenvalue weighted by Gasteiger charge is -2.18. The van der Waals surface area contributed by atoms with Gasteiger partial charge in [-0.25, -0.2) is 4.98 Å². The minimum Gasteiger partial charge on any atom is -0.348 e. The van der Waals surface area contributed by atoms with Gasteiger partial charge in [-0.1, -0.05) is 24.2 Å². The Balaban J connectivity index is 1.83. The number of nitrogens with zero attached hydrogens (tertiary/aromatic N) is 2. The maximum atomic E-state index is 6.17. The molecule has 2 N–H and O–H groups in total. The van der Waals surface area contributed by atoms with Gasteiger partial charge >= 0.3 is 0 Å². The van der Waals surface area contributed by atoms with Crippen molar-refractivity contribution in [1.82, 2.24) is 4.98 Å². The van der Waals surface area contributed by atoms with E-state index in [0.717, 1.165) is 12.8 Å². The van der Waals surface area contributed by atoms with E-state index in [4.69, 9.17) is 10.7 Å². The van der Waals surface area contributed by atoms with Crippen molar-refractivity contribution in [3.63, 3.8) is 0 Å². The molecule has 17 heavy (non-hydrogen) atoms. The summed E-state index contributed by atoms with van der Waals surface area (Å²) >= 11 is 1.85. The van der Waals surface area contributed by atoms with E-state index in [1.165, 1.54) is 60.9 Å². The summed E-state index contributed by atoms with van der Waals surface area (Å²) in [7, 11) is 0. The first-order valence-corrected chi connectivity index (χ1v) is 7.66. The lowest BCUT2D eigenvalue weighted by Crippen LogP contribution is -2.23. The molecular formula is C13H21N3S. The molecule has 0 radical (unpaired) electrons. The Hall–Kier alpha value is -0.610. The summed E-state index contributed by atoms with van der Waals surface area (Å²) in [4.78, 5) is 8.66. The first-order valence-electron chi connectivity index (χ1n) is 6.85. The second-order valence-corrected chi connectivity index (χ2v) is 6.22. The quantitative estimate of drug-likeness (QED) is 0.834. The summed E-state index contributed by atoms with van der Waals surface area (Å²) in [6.45, 7) is 2.36. The molecule has 2 heterocycles. The van der Waals surface area contributed by atoms with Crippen LogP contribution in [0.1, 0.15) is 55.1 Å². The van der Waals surface area contributed by atoms with Crippen LogP contribution in [0.2, 0.25) is 0 Å². The van der Waals surface area contributed by atoms with Gasteiger partial charge in [0.15, 0.2) is 5.13 Å². The number of aromatic nitrogens is 1. The molecule has 94 valence electrons. The highest BCUT2D eigenvalue weighted by molar-refractivity contribution is 7.15. The van der Waals surface area contributed by atoms with Crippen LogP contribution in [0.4, 0.5) is 5.13 Å².